The van der Waals surface area contributed by atoms with E-state index < -0.39 is 7.12 Å². The number of carbonyl (C=O) groups excluding carboxylic acids is 1. The summed E-state index contributed by atoms with van der Waals surface area (Å²) in [6.07, 6.45) is 1.55. The summed E-state index contributed by atoms with van der Waals surface area (Å²) < 4.78 is 12.1. The number of nitrogens with zero attached hydrogens (tertiary/aromatic N) is 1. The molecule has 1 saturated heterocycles. The fraction of sp³-hybridized carbons (Fsp3) is 0.467. The van der Waals surface area contributed by atoms with Gasteiger partial charge in [-0.15, -0.1) is 0 Å². The summed E-state index contributed by atoms with van der Waals surface area (Å²) in [6, 6.07) is 3.86. The molecule has 0 aliphatic carbocycles. The summed E-state index contributed by atoms with van der Waals surface area (Å²) in [5, 5.41) is 1.57. The molecule has 5 heteroatoms. The van der Waals surface area contributed by atoms with Gasteiger partial charge in [0.25, 0.3) is 5.91 Å². The molecular formula is C15H18BNO3. The maximum atomic E-state index is 11.4. The van der Waals surface area contributed by atoms with E-state index in [1.165, 1.54) is 0 Å². The molecule has 2 aliphatic heterocycles. The van der Waals surface area contributed by atoms with E-state index in [9.17, 15) is 4.79 Å². The smallest absolute Gasteiger partial charge is 0.399 e. The standard InChI is InChI=1S/C15H18BNO3/c1-9-6-12-10(8-13(18)17-12)7-11(9)16-19-14(2,3)15(4,5)20-16/h6-8H,1-5H3. The maximum absolute atomic E-state index is 11.4. The molecule has 0 atom stereocenters. The van der Waals surface area contributed by atoms with Crippen molar-refractivity contribution in [1.82, 2.24) is 0 Å². The van der Waals surface area contributed by atoms with Crippen molar-refractivity contribution < 1.29 is 14.1 Å². The minimum atomic E-state index is -0.408. The largest absolute Gasteiger partial charge is 0.495 e. The fourth-order valence-electron chi connectivity index (χ4n) is 2.45. The van der Waals surface area contributed by atoms with Crippen molar-refractivity contribution in [3.8, 4) is 0 Å². The first-order valence-corrected chi connectivity index (χ1v) is 6.80. The molecule has 20 heavy (non-hydrogen) atoms. The average Bonchev–Trinajstić information content (AvgIpc) is 2.74. The number of hydrogen-bond donors (Lipinski definition) is 0. The van der Waals surface area contributed by atoms with E-state index in [4.69, 9.17) is 9.31 Å². The Balaban J connectivity index is 2.07. The lowest BCUT2D eigenvalue weighted by Crippen LogP contribution is -2.41. The van der Waals surface area contributed by atoms with Crippen LogP contribution >= 0.6 is 0 Å². The van der Waals surface area contributed by atoms with Crippen molar-refractivity contribution in [2.45, 2.75) is 45.8 Å². The number of aryl methyl sites for hydroxylation is 1. The van der Waals surface area contributed by atoms with Gasteiger partial charge in [-0.3, -0.25) is 4.79 Å². The van der Waals surface area contributed by atoms with Crippen molar-refractivity contribution in [1.29, 1.82) is 0 Å². The lowest BCUT2D eigenvalue weighted by atomic mass is 9.76. The zero-order chi connectivity index (χ0) is 14.7. The first-order chi connectivity index (χ1) is 9.19. The Labute approximate surface area is 118 Å². The molecule has 104 valence electrons. The highest BCUT2D eigenvalue weighted by atomic mass is 16.7. The molecule has 1 amide bonds. The van der Waals surface area contributed by atoms with Crippen LogP contribution in [-0.4, -0.2) is 24.2 Å². The summed E-state index contributed by atoms with van der Waals surface area (Å²) in [7, 11) is -0.408. The Morgan fingerprint density at radius 1 is 1.10 bits per heavy atom. The van der Waals surface area contributed by atoms with Crippen LogP contribution in [0.4, 0.5) is 0 Å². The van der Waals surface area contributed by atoms with Gasteiger partial charge in [0.2, 0.25) is 0 Å². The van der Waals surface area contributed by atoms with E-state index in [-0.39, 0.29) is 17.1 Å². The molecule has 2 heterocycles. The fourth-order valence-corrected chi connectivity index (χ4v) is 2.45. The van der Waals surface area contributed by atoms with Crippen molar-refractivity contribution in [2.75, 3.05) is 0 Å². The normalized spacial score (nSPS) is 22.4. The van der Waals surface area contributed by atoms with Crippen molar-refractivity contribution >= 4 is 24.6 Å². The molecule has 0 N–H and O–H groups in total. The highest BCUT2D eigenvalue weighted by molar-refractivity contribution is 6.62. The summed E-state index contributed by atoms with van der Waals surface area (Å²) in [5.41, 5.74) is 1.25. The molecule has 0 spiro atoms. The van der Waals surface area contributed by atoms with Gasteiger partial charge in [-0.05, 0) is 51.7 Å². The number of amides is 1. The average molecular weight is 271 g/mol. The third-order valence-corrected chi connectivity index (χ3v) is 4.43. The van der Waals surface area contributed by atoms with Crippen LogP contribution in [0, 0.1) is 6.92 Å². The lowest BCUT2D eigenvalue weighted by Gasteiger charge is -2.32. The zero-order valence-electron chi connectivity index (χ0n) is 12.5. The lowest BCUT2D eigenvalue weighted by molar-refractivity contribution is -0.112. The van der Waals surface area contributed by atoms with Crippen molar-refractivity contribution in [3.05, 3.63) is 28.3 Å². The predicted octanol–water partition coefficient (Wildman–Crippen LogP) is 0.235. The van der Waals surface area contributed by atoms with E-state index in [0.717, 1.165) is 21.6 Å². The topological polar surface area (TPSA) is 47.9 Å². The molecule has 1 aromatic carbocycles. The first-order valence-electron chi connectivity index (χ1n) is 6.80. The molecule has 3 rings (SSSR count). The second-order valence-electron chi connectivity index (χ2n) is 6.45. The van der Waals surface area contributed by atoms with Crippen LogP contribution < -0.4 is 16.0 Å². The Kier molecular flexibility index (Phi) is 2.72. The van der Waals surface area contributed by atoms with Gasteiger partial charge < -0.3 is 9.31 Å². The van der Waals surface area contributed by atoms with Crippen LogP contribution in [0.1, 0.15) is 33.3 Å². The number of fused-ring (bicyclic) bond motifs is 1. The van der Waals surface area contributed by atoms with Crippen LogP contribution in [0.25, 0.3) is 6.08 Å². The molecule has 2 aliphatic rings. The molecule has 0 aromatic heterocycles. The monoisotopic (exact) mass is 271 g/mol. The van der Waals surface area contributed by atoms with Crippen molar-refractivity contribution in [3.63, 3.8) is 0 Å². The van der Waals surface area contributed by atoms with Gasteiger partial charge in [0.05, 0.1) is 16.6 Å². The number of hydrogen-bond acceptors (Lipinski definition) is 3. The molecule has 0 saturated carbocycles. The Morgan fingerprint density at radius 2 is 1.70 bits per heavy atom. The maximum Gasteiger partial charge on any atom is 0.495 e. The van der Waals surface area contributed by atoms with E-state index >= 15 is 0 Å². The Hall–Kier alpha value is -1.46. The van der Waals surface area contributed by atoms with Gasteiger partial charge in [-0.25, -0.2) is 4.99 Å². The van der Waals surface area contributed by atoms with Crippen LogP contribution in [0.15, 0.2) is 17.1 Å². The third kappa shape index (κ3) is 1.93. The minimum absolute atomic E-state index is 0.203. The van der Waals surface area contributed by atoms with E-state index in [2.05, 4.69) is 4.99 Å². The SMILES string of the molecule is Cc1cc2c(cc1B1OC(C)(C)C(C)(C)O1)=CC(=O)N=2. The third-order valence-electron chi connectivity index (χ3n) is 4.43. The second kappa shape index (κ2) is 4.02. The van der Waals surface area contributed by atoms with Gasteiger partial charge >= 0.3 is 7.12 Å². The summed E-state index contributed by atoms with van der Waals surface area (Å²) in [6.45, 7) is 10.1. The molecular weight excluding hydrogens is 253 g/mol. The summed E-state index contributed by atoms with van der Waals surface area (Å²) in [4.78, 5) is 15.3. The second-order valence-corrected chi connectivity index (χ2v) is 6.45. The van der Waals surface area contributed by atoms with Gasteiger partial charge in [0.1, 0.15) is 0 Å². The first kappa shape index (κ1) is 13.5. The van der Waals surface area contributed by atoms with Crippen molar-refractivity contribution in [2.24, 2.45) is 4.99 Å². The van der Waals surface area contributed by atoms with Crippen LogP contribution in [0.3, 0.4) is 0 Å². The molecule has 0 unspecified atom stereocenters. The Bertz CT molecular complexity index is 705. The van der Waals surface area contributed by atoms with Crippen LogP contribution in [0.5, 0.6) is 0 Å². The molecule has 0 bridgehead atoms. The molecule has 1 fully saturated rings. The van der Waals surface area contributed by atoms with Gasteiger partial charge in [0, 0.05) is 11.3 Å². The molecule has 1 aromatic rings. The number of rotatable bonds is 1. The van der Waals surface area contributed by atoms with Crippen LogP contribution in [-0.2, 0) is 14.1 Å². The predicted molar refractivity (Wildman–Crippen MR) is 77.1 cm³/mol. The van der Waals surface area contributed by atoms with E-state index in [1.54, 1.807) is 6.08 Å². The molecule has 0 radical (unpaired) electrons. The van der Waals surface area contributed by atoms with E-state index in [1.807, 2.05) is 46.8 Å². The number of carbonyl (C=O) groups is 1. The summed E-state index contributed by atoms with van der Waals surface area (Å²) >= 11 is 0. The summed E-state index contributed by atoms with van der Waals surface area (Å²) in [5.74, 6) is -0.203. The van der Waals surface area contributed by atoms with Crippen LogP contribution in [0.2, 0.25) is 0 Å². The zero-order valence-corrected chi connectivity index (χ0v) is 12.5. The highest BCUT2D eigenvalue weighted by Gasteiger charge is 2.52. The molecule has 4 nitrogen and oxygen atoms in total. The number of benzene rings is 1. The minimum Gasteiger partial charge on any atom is -0.399 e. The van der Waals surface area contributed by atoms with E-state index in [0.29, 0.717) is 0 Å². The Morgan fingerprint density at radius 3 is 2.30 bits per heavy atom. The van der Waals surface area contributed by atoms with Gasteiger partial charge in [-0.1, -0.05) is 6.07 Å². The van der Waals surface area contributed by atoms with Gasteiger partial charge in [-0.2, -0.15) is 0 Å². The quantitative estimate of drug-likeness (QED) is 0.687. The highest BCUT2D eigenvalue weighted by Crippen LogP contribution is 2.36. The van der Waals surface area contributed by atoms with Gasteiger partial charge in [0.15, 0.2) is 0 Å².